The molecular formula is C21H22FN3O2S. The van der Waals surface area contributed by atoms with Crippen LogP contribution < -0.4 is 0 Å². The van der Waals surface area contributed by atoms with Crippen molar-refractivity contribution in [3.8, 4) is 0 Å². The van der Waals surface area contributed by atoms with E-state index in [1.165, 1.54) is 28.4 Å². The number of likely N-dealkylation sites (N-methyl/N-ethyl adjacent to an activating group) is 1. The first-order valence-electron chi connectivity index (χ1n) is 9.44. The number of carbonyl (C=O) groups is 2. The molecular weight excluding hydrogens is 377 g/mol. The van der Waals surface area contributed by atoms with Gasteiger partial charge in [0, 0.05) is 31.1 Å². The molecule has 28 heavy (non-hydrogen) atoms. The molecule has 146 valence electrons. The minimum absolute atomic E-state index is 0.144. The average molecular weight is 399 g/mol. The maximum atomic E-state index is 13.3. The second-order valence-corrected chi connectivity index (χ2v) is 7.89. The van der Waals surface area contributed by atoms with Gasteiger partial charge in [0.15, 0.2) is 0 Å². The van der Waals surface area contributed by atoms with Crippen LogP contribution in [0, 0.1) is 5.82 Å². The molecule has 1 aromatic heterocycles. The number of nitrogens with zero attached hydrogens (tertiary/aromatic N) is 3. The van der Waals surface area contributed by atoms with Crippen molar-refractivity contribution in [2.75, 3.05) is 32.7 Å². The molecule has 2 aromatic rings. The quantitative estimate of drug-likeness (QED) is 0.726. The molecule has 0 unspecified atom stereocenters. The second kappa shape index (κ2) is 7.85. The van der Waals surface area contributed by atoms with E-state index in [0.717, 1.165) is 43.2 Å². The van der Waals surface area contributed by atoms with Gasteiger partial charge >= 0.3 is 0 Å². The molecule has 7 heteroatoms. The number of hydrogen-bond donors (Lipinski definition) is 0. The minimum atomic E-state index is -0.338. The molecule has 0 N–H and O–H groups in total. The van der Waals surface area contributed by atoms with Crippen LogP contribution in [0.3, 0.4) is 0 Å². The molecule has 0 radical (unpaired) electrons. The van der Waals surface area contributed by atoms with Crippen LogP contribution in [0.1, 0.15) is 17.4 Å². The van der Waals surface area contributed by atoms with Crippen LogP contribution in [0.5, 0.6) is 0 Å². The average Bonchev–Trinajstić information content (AvgIpc) is 3.32. The Morgan fingerprint density at radius 2 is 1.71 bits per heavy atom. The summed E-state index contributed by atoms with van der Waals surface area (Å²) in [5, 5.41) is 1.91. The number of rotatable bonds is 5. The number of thiophene rings is 1. The Balaban J connectivity index is 1.65. The van der Waals surface area contributed by atoms with Crippen molar-refractivity contribution in [3.63, 3.8) is 0 Å². The Kier molecular flexibility index (Phi) is 5.28. The van der Waals surface area contributed by atoms with E-state index in [-0.39, 0.29) is 24.2 Å². The van der Waals surface area contributed by atoms with E-state index in [0.29, 0.717) is 11.3 Å². The fraction of sp³-hybridized carbons (Fsp3) is 0.333. The Morgan fingerprint density at radius 3 is 2.32 bits per heavy atom. The summed E-state index contributed by atoms with van der Waals surface area (Å²) >= 11 is 1.46. The number of benzene rings is 1. The third kappa shape index (κ3) is 3.47. The van der Waals surface area contributed by atoms with Gasteiger partial charge in [-0.05, 0) is 35.7 Å². The van der Waals surface area contributed by atoms with Crippen molar-refractivity contribution in [1.82, 2.24) is 14.7 Å². The fourth-order valence-corrected chi connectivity index (χ4v) is 4.47. The molecule has 5 nitrogen and oxygen atoms in total. The summed E-state index contributed by atoms with van der Waals surface area (Å²) in [5.74, 6) is -0.873. The lowest BCUT2D eigenvalue weighted by Gasteiger charge is -2.35. The number of carbonyl (C=O) groups excluding carboxylic acids is 2. The number of halogens is 1. The molecule has 2 amide bonds. The van der Waals surface area contributed by atoms with Crippen LogP contribution in [0.2, 0.25) is 0 Å². The summed E-state index contributed by atoms with van der Waals surface area (Å²) in [5.41, 5.74) is 1.73. The van der Waals surface area contributed by atoms with Crippen molar-refractivity contribution < 1.29 is 14.0 Å². The van der Waals surface area contributed by atoms with E-state index in [9.17, 15) is 14.0 Å². The van der Waals surface area contributed by atoms with Gasteiger partial charge in [0.1, 0.15) is 11.5 Å². The maximum Gasteiger partial charge on any atom is 0.278 e. The van der Waals surface area contributed by atoms with Gasteiger partial charge in [-0.25, -0.2) is 4.39 Å². The molecule has 2 aliphatic rings. The van der Waals surface area contributed by atoms with Crippen molar-refractivity contribution in [2.24, 2.45) is 0 Å². The summed E-state index contributed by atoms with van der Waals surface area (Å²) in [6.07, 6.45) is 0. The van der Waals surface area contributed by atoms with Crippen molar-refractivity contribution in [2.45, 2.75) is 13.5 Å². The van der Waals surface area contributed by atoms with Crippen molar-refractivity contribution in [3.05, 3.63) is 63.7 Å². The van der Waals surface area contributed by atoms with Crippen LogP contribution in [0.15, 0.2) is 47.5 Å². The van der Waals surface area contributed by atoms with Gasteiger partial charge in [0.2, 0.25) is 0 Å². The lowest BCUT2D eigenvalue weighted by molar-refractivity contribution is -0.138. The summed E-state index contributed by atoms with van der Waals surface area (Å²) in [7, 11) is 0. The van der Waals surface area contributed by atoms with Gasteiger partial charge in [0.25, 0.3) is 11.8 Å². The predicted octanol–water partition coefficient (Wildman–Crippen LogP) is 2.80. The first-order chi connectivity index (χ1) is 13.6. The Labute approximate surface area is 167 Å². The lowest BCUT2D eigenvalue weighted by atomic mass is 10.1. The fourth-order valence-electron chi connectivity index (χ4n) is 3.70. The zero-order valence-electron chi connectivity index (χ0n) is 15.7. The first kappa shape index (κ1) is 18.8. The van der Waals surface area contributed by atoms with Gasteiger partial charge in [0.05, 0.1) is 12.1 Å². The van der Waals surface area contributed by atoms with Crippen LogP contribution in [-0.4, -0.2) is 59.2 Å². The monoisotopic (exact) mass is 399 g/mol. The van der Waals surface area contributed by atoms with Gasteiger partial charge in [-0.2, -0.15) is 0 Å². The Bertz CT molecular complexity index is 900. The van der Waals surface area contributed by atoms with E-state index in [1.54, 1.807) is 12.1 Å². The topological polar surface area (TPSA) is 43.9 Å². The molecule has 0 bridgehead atoms. The molecule has 3 heterocycles. The van der Waals surface area contributed by atoms with E-state index in [1.807, 2.05) is 22.4 Å². The normalized spacial score (nSPS) is 18.5. The number of piperazine rings is 1. The molecule has 1 aromatic carbocycles. The number of amides is 2. The third-order valence-corrected chi connectivity index (χ3v) is 6.19. The summed E-state index contributed by atoms with van der Waals surface area (Å²) in [6, 6.07) is 9.68. The van der Waals surface area contributed by atoms with Gasteiger partial charge in [-0.3, -0.25) is 14.5 Å². The van der Waals surface area contributed by atoms with E-state index in [4.69, 9.17) is 0 Å². The van der Waals surface area contributed by atoms with Crippen LogP contribution in [0.4, 0.5) is 4.39 Å². The molecule has 1 fully saturated rings. The van der Waals surface area contributed by atoms with Crippen molar-refractivity contribution in [1.29, 1.82) is 0 Å². The molecule has 0 aliphatic carbocycles. The highest BCUT2D eigenvalue weighted by Crippen LogP contribution is 2.35. The first-order valence-corrected chi connectivity index (χ1v) is 10.3. The molecule has 4 rings (SSSR count). The van der Waals surface area contributed by atoms with Crippen molar-refractivity contribution >= 4 is 28.7 Å². The second-order valence-electron chi connectivity index (χ2n) is 6.95. The lowest BCUT2D eigenvalue weighted by Crippen LogP contribution is -2.47. The van der Waals surface area contributed by atoms with Crippen LogP contribution in [0.25, 0.3) is 5.57 Å². The molecule has 0 atom stereocenters. The van der Waals surface area contributed by atoms with E-state index in [2.05, 4.69) is 11.8 Å². The molecule has 1 saturated heterocycles. The number of hydrogen-bond acceptors (Lipinski definition) is 5. The SMILES string of the molecule is CCN1CCN(C2=C(c3cccs3)C(=O)N(Cc3ccc(F)cc3)C2=O)CC1. The zero-order valence-corrected chi connectivity index (χ0v) is 16.5. The predicted molar refractivity (Wildman–Crippen MR) is 107 cm³/mol. The largest absolute Gasteiger partial charge is 0.364 e. The van der Waals surface area contributed by atoms with E-state index < -0.39 is 0 Å². The van der Waals surface area contributed by atoms with Crippen LogP contribution in [-0.2, 0) is 16.1 Å². The molecule has 0 saturated carbocycles. The summed E-state index contributed by atoms with van der Waals surface area (Å²) < 4.78 is 13.2. The zero-order chi connectivity index (χ0) is 19.7. The highest BCUT2D eigenvalue weighted by molar-refractivity contribution is 7.11. The Morgan fingerprint density at radius 1 is 1.00 bits per heavy atom. The third-order valence-electron chi connectivity index (χ3n) is 5.30. The highest BCUT2D eigenvalue weighted by atomic mass is 32.1. The molecule has 0 spiro atoms. The minimum Gasteiger partial charge on any atom is -0.364 e. The maximum absolute atomic E-state index is 13.3. The van der Waals surface area contributed by atoms with Gasteiger partial charge < -0.3 is 9.80 Å². The highest BCUT2D eigenvalue weighted by Gasteiger charge is 2.42. The summed E-state index contributed by atoms with van der Waals surface area (Å²) in [6.45, 7) is 6.44. The van der Waals surface area contributed by atoms with Crippen LogP contribution >= 0.6 is 11.3 Å². The van der Waals surface area contributed by atoms with Gasteiger partial charge in [-0.15, -0.1) is 11.3 Å². The molecule has 2 aliphatic heterocycles. The smallest absolute Gasteiger partial charge is 0.278 e. The number of imide groups is 1. The summed E-state index contributed by atoms with van der Waals surface area (Å²) in [4.78, 5) is 32.9. The Hall–Kier alpha value is -2.51. The standard InChI is InChI=1S/C21H22FN3O2S/c1-2-23-9-11-24(12-10-23)19-18(17-4-3-13-28-17)20(26)25(21(19)27)14-15-5-7-16(22)8-6-15/h3-8,13H,2,9-12,14H2,1H3. The van der Waals surface area contributed by atoms with E-state index >= 15 is 0 Å². The van der Waals surface area contributed by atoms with Gasteiger partial charge in [-0.1, -0.05) is 25.1 Å².